The Kier molecular flexibility index (Phi) is 4.57. The van der Waals surface area contributed by atoms with E-state index in [4.69, 9.17) is 5.53 Å². The van der Waals surface area contributed by atoms with Gasteiger partial charge < -0.3 is 5.32 Å². The van der Waals surface area contributed by atoms with Gasteiger partial charge in [0.15, 0.2) is 0 Å². The number of rotatable bonds is 3. The molecule has 0 unspecified atom stereocenters. The fourth-order valence-corrected chi connectivity index (χ4v) is 3.42. The first-order valence-corrected chi connectivity index (χ1v) is 8.80. The lowest BCUT2D eigenvalue weighted by molar-refractivity contribution is -0.124. The average Bonchev–Trinajstić information content (AvgIpc) is 2.86. The van der Waals surface area contributed by atoms with E-state index in [1.165, 1.54) is 4.90 Å². The van der Waals surface area contributed by atoms with Crippen LogP contribution in [0.4, 0.5) is 17.1 Å². The number of amides is 2. The van der Waals surface area contributed by atoms with E-state index in [0.717, 1.165) is 16.3 Å². The number of fused-ring (bicyclic) bond motifs is 3. The minimum Gasteiger partial charge on any atom is -0.323 e. The standard InChI is InChI=1S/C21H14N6O2/c22-11-13-2-1-3-16(8-13)27-18-7-6-15-5-4-14(12-24-26-23)9-17(15)21(18)25-19(28)10-20(27)29/h1-9H,10,12H2,(H,25,28). The molecule has 3 aromatic carbocycles. The third-order valence-corrected chi connectivity index (χ3v) is 4.68. The SMILES string of the molecule is N#Cc1cccc(N2C(=O)CC(=O)Nc3c2ccc2ccc(CN=[N+]=[N-])cc32)c1. The number of benzene rings is 3. The van der Waals surface area contributed by atoms with Crippen LogP contribution >= 0.6 is 0 Å². The highest BCUT2D eigenvalue weighted by Gasteiger charge is 2.28. The lowest BCUT2D eigenvalue weighted by atomic mass is 10.0. The van der Waals surface area contributed by atoms with Crippen molar-refractivity contribution in [3.8, 4) is 6.07 Å². The third kappa shape index (κ3) is 3.34. The molecule has 3 aromatic rings. The summed E-state index contributed by atoms with van der Waals surface area (Å²) in [5.41, 5.74) is 11.3. The zero-order valence-electron chi connectivity index (χ0n) is 15.2. The van der Waals surface area contributed by atoms with Crippen molar-refractivity contribution >= 4 is 39.6 Å². The van der Waals surface area contributed by atoms with Crippen molar-refractivity contribution < 1.29 is 9.59 Å². The fourth-order valence-electron chi connectivity index (χ4n) is 3.42. The smallest absolute Gasteiger partial charge is 0.241 e. The van der Waals surface area contributed by atoms with Crippen molar-refractivity contribution in [1.29, 1.82) is 5.26 Å². The Labute approximate surface area is 165 Å². The van der Waals surface area contributed by atoms with Crippen LogP contribution in [0.3, 0.4) is 0 Å². The maximum absolute atomic E-state index is 12.9. The Hall–Kier alpha value is -4.34. The van der Waals surface area contributed by atoms with E-state index >= 15 is 0 Å². The molecule has 0 atom stereocenters. The Morgan fingerprint density at radius 1 is 1.17 bits per heavy atom. The van der Waals surface area contributed by atoms with E-state index in [1.54, 1.807) is 30.3 Å². The van der Waals surface area contributed by atoms with E-state index in [1.807, 2.05) is 24.3 Å². The van der Waals surface area contributed by atoms with Crippen molar-refractivity contribution in [3.63, 3.8) is 0 Å². The Morgan fingerprint density at radius 2 is 2.00 bits per heavy atom. The molecule has 0 bridgehead atoms. The van der Waals surface area contributed by atoms with Gasteiger partial charge in [0, 0.05) is 10.3 Å². The molecule has 140 valence electrons. The van der Waals surface area contributed by atoms with Gasteiger partial charge in [0.25, 0.3) is 0 Å². The summed E-state index contributed by atoms with van der Waals surface area (Å²) in [5.74, 6) is -0.802. The quantitative estimate of drug-likeness (QED) is 0.310. The summed E-state index contributed by atoms with van der Waals surface area (Å²) in [4.78, 5) is 29.5. The summed E-state index contributed by atoms with van der Waals surface area (Å²) in [6, 6.07) is 17.9. The van der Waals surface area contributed by atoms with Crippen LogP contribution in [0.1, 0.15) is 17.5 Å². The molecule has 0 radical (unpaired) electrons. The molecule has 29 heavy (non-hydrogen) atoms. The number of nitriles is 1. The minimum atomic E-state index is -0.414. The van der Waals surface area contributed by atoms with Crippen LogP contribution in [0.15, 0.2) is 59.7 Å². The molecular formula is C21H14N6O2. The minimum absolute atomic E-state index is 0.177. The van der Waals surface area contributed by atoms with Crippen molar-refractivity contribution in [2.45, 2.75) is 13.0 Å². The second-order valence-corrected chi connectivity index (χ2v) is 6.52. The van der Waals surface area contributed by atoms with Crippen molar-refractivity contribution in [2.24, 2.45) is 5.11 Å². The first-order valence-electron chi connectivity index (χ1n) is 8.80. The van der Waals surface area contributed by atoms with Gasteiger partial charge in [-0.05, 0) is 46.8 Å². The summed E-state index contributed by atoms with van der Waals surface area (Å²) in [6.07, 6.45) is -0.314. The van der Waals surface area contributed by atoms with Crippen LogP contribution in [0.25, 0.3) is 21.2 Å². The summed E-state index contributed by atoms with van der Waals surface area (Å²) in [6.45, 7) is 0.177. The number of anilines is 3. The lowest BCUT2D eigenvalue weighted by Crippen LogP contribution is -2.26. The number of nitrogens with zero attached hydrogens (tertiary/aromatic N) is 5. The van der Waals surface area contributed by atoms with Gasteiger partial charge in [-0.2, -0.15) is 5.26 Å². The van der Waals surface area contributed by atoms with E-state index < -0.39 is 5.91 Å². The van der Waals surface area contributed by atoms with E-state index in [-0.39, 0.29) is 18.9 Å². The van der Waals surface area contributed by atoms with Gasteiger partial charge >= 0.3 is 0 Å². The van der Waals surface area contributed by atoms with Crippen LogP contribution in [0.5, 0.6) is 0 Å². The van der Waals surface area contributed by atoms with E-state index in [2.05, 4.69) is 21.4 Å². The summed E-state index contributed by atoms with van der Waals surface area (Å²) < 4.78 is 0. The molecule has 1 aliphatic heterocycles. The zero-order chi connectivity index (χ0) is 20.4. The van der Waals surface area contributed by atoms with Gasteiger partial charge in [-0.15, -0.1) is 0 Å². The molecule has 1 N–H and O–H groups in total. The van der Waals surface area contributed by atoms with Gasteiger partial charge in [-0.1, -0.05) is 29.4 Å². The largest absolute Gasteiger partial charge is 0.323 e. The predicted octanol–water partition coefficient (Wildman–Crippen LogP) is 4.53. The Bertz CT molecular complexity index is 1250. The number of carbonyl (C=O) groups is 2. The van der Waals surface area contributed by atoms with Crippen LogP contribution < -0.4 is 10.2 Å². The van der Waals surface area contributed by atoms with Crippen molar-refractivity contribution in [2.75, 3.05) is 10.2 Å². The summed E-state index contributed by atoms with van der Waals surface area (Å²) in [7, 11) is 0. The molecule has 8 nitrogen and oxygen atoms in total. The molecule has 0 spiro atoms. The average molecular weight is 382 g/mol. The van der Waals surface area contributed by atoms with Crippen LogP contribution in [0.2, 0.25) is 0 Å². The topological polar surface area (TPSA) is 122 Å². The first-order chi connectivity index (χ1) is 14.1. The molecule has 1 aliphatic rings. The monoisotopic (exact) mass is 382 g/mol. The number of hydrogen-bond donors (Lipinski definition) is 1. The molecule has 0 fully saturated rings. The highest BCUT2D eigenvalue weighted by molar-refractivity contribution is 6.21. The second kappa shape index (κ2) is 7.35. The van der Waals surface area contributed by atoms with Crippen molar-refractivity contribution in [3.05, 3.63) is 76.2 Å². The zero-order valence-corrected chi connectivity index (χ0v) is 15.2. The van der Waals surface area contributed by atoms with Gasteiger partial charge in [0.05, 0.1) is 35.2 Å². The predicted molar refractivity (Wildman–Crippen MR) is 108 cm³/mol. The lowest BCUT2D eigenvalue weighted by Gasteiger charge is -2.23. The maximum atomic E-state index is 12.9. The number of nitrogens with one attached hydrogen (secondary N) is 1. The van der Waals surface area contributed by atoms with Crippen LogP contribution in [0, 0.1) is 11.3 Å². The number of carbonyl (C=O) groups excluding carboxylic acids is 2. The normalized spacial score (nSPS) is 13.1. The molecule has 1 heterocycles. The summed E-state index contributed by atoms with van der Waals surface area (Å²) >= 11 is 0. The third-order valence-electron chi connectivity index (χ3n) is 4.68. The van der Waals surface area contributed by atoms with Crippen molar-refractivity contribution in [1.82, 2.24) is 0 Å². The molecule has 0 aliphatic carbocycles. The summed E-state index contributed by atoms with van der Waals surface area (Å²) in [5, 5.41) is 17.2. The Balaban J connectivity index is 1.95. The molecule has 2 amide bonds. The van der Waals surface area contributed by atoms with Gasteiger partial charge in [-0.25, -0.2) is 0 Å². The van der Waals surface area contributed by atoms with Gasteiger partial charge in [-0.3, -0.25) is 14.5 Å². The molecule has 0 aromatic heterocycles. The first kappa shape index (κ1) is 18.0. The molecule has 8 heteroatoms. The van der Waals surface area contributed by atoms with E-state index in [9.17, 15) is 14.9 Å². The van der Waals surface area contributed by atoms with Crippen LogP contribution in [-0.4, -0.2) is 11.8 Å². The second-order valence-electron chi connectivity index (χ2n) is 6.52. The van der Waals surface area contributed by atoms with Gasteiger partial charge in [0.2, 0.25) is 11.8 Å². The maximum Gasteiger partial charge on any atom is 0.241 e. The molecular weight excluding hydrogens is 368 g/mol. The number of azide groups is 1. The number of hydrogen-bond acceptors (Lipinski definition) is 4. The molecule has 4 rings (SSSR count). The Morgan fingerprint density at radius 3 is 2.79 bits per heavy atom. The fraction of sp³-hybridized carbons (Fsp3) is 0.0952. The van der Waals surface area contributed by atoms with E-state index in [0.29, 0.717) is 22.6 Å². The van der Waals surface area contributed by atoms with Gasteiger partial charge in [0.1, 0.15) is 6.42 Å². The molecule has 0 saturated heterocycles. The molecule has 0 saturated carbocycles. The highest BCUT2D eigenvalue weighted by Crippen LogP contribution is 2.40. The van der Waals surface area contributed by atoms with Crippen LogP contribution in [-0.2, 0) is 16.1 Å². The highest BCUT2D eigenvalue weighted by atomic mass is 16.2.